The fourth-order valence-electron chi connectivity index (χ4n) is 4.09. The second kappa shape index (κ2) is 9.27. The number of hydrogen-bond donors (Lipinski definition) is 5. The summed E-state index contributed by atoms with van der Waals surface area (Å²) in [6.07, 6.45) is 2.82. The fraction of sp³-hybridized carbons (Fsp3) is 0.458. The lowest BCUT2D eigenvalue weighted by Gasteiger charge is -2.23. The van der Waals surface area contributed by atoms with E-state index in [0.29, 0.717) is 36.5 Å². The van der Waals surface area contributed by atoms with E-state index in [1.807, 2.05) is 32.9 Å². The molecule has 1 aromatic carbocycles. The molecule has 1 aliphatic carbocycles. The molecular weight excluding hydrogens is 422 g/mol. The fourth-order valence-corrected chi connectivity index (χ4v) is 4.09. The van der Waals surface area contributed by atoms with E-state index in [0.717, 1.165) is 35.0 Å². The maximum atomic E-state index is 12.5. The maximum absolute atomic E-state index is 12.5. The smallest absolute Gasteiger partial charge is 0.320 e. The molecule has 176 valence electrons. The molecule has 2 aromatic heterocycles. The lowest BCUT2D eigenvalue weighted by molar-refractivity contribution is 0.0951. The standard InChI is InChI=1S/C24H31N5O4/c1-24(2,3)20-13-21(29-33-20)28-23(32)26-15-6-8-19-17(12-15)16-11-14(5-7-18(16)27-19)22(31)25-9-4-10-30/h5,7,11,13,15,27,30H,4,6,8-10,12H2,1-3H3,(H,25,31)(H2,26,28,29,32). The highest BCUT2D eigenvalue weighted by molar-refractivity contribution is 5.99. The van der Waals surface area contributed by atoms with Crippen LogP contribution in [-0.4, -0.2) is 46.4 Å². The van der Waals surface area contributed by atoms with Crippen molar-refractivity contribution in [3.63, 3.8) is 0 Å². The van der Waals surface area contributed by atoms with Gasteiger partial charge in [0.25, 0.3) is 5.91 Å². The molecule has 9 heteroatoms. The van der Waals surface area contributed by atoms with Gasteiger partial charge in [0, 0.05) is 52.8 Å². The molecule has 9 nitrogen and oxygen atoms in total. The van der Waals surface area contributed by atoms with Crippen LogP contribution >= 0.6 is 0 Å². The van der Waals surface area contributed by atoms with Crippen molar-refractivity contribution >= 4 is 28.7 Å². The minimum absolute atomic E-state index is 0.0347. The number of rotatable bonds is 6. The van der Waals surface area contributed by atoms with Crippen LogP contribution in [0.5, 0.6) is 0 Å². The summed E-state index contributed by atoms with van der Waals surface area (Å²) in [6.45, 7) is 6.52. The Morgan fingerprint density at radius 1 is 1.27 bits per heavy atom. The zero-order valence-corrected chi connectivity index (χ0v) is 19.2. The number of nitrogens with one attached hydrogen (secondary N) is 4. The van der Waals surface area contributed by atoms with E-state index in [2.05, 4.69) is 26.1 Å². The number of nitrogens with zero attached hydrogens (tertiary/aromatic N) is 1. The summed E-state index contributed by atoms with van der Waals surface area (Å²) in [6, 6.07) is 7.00. The topological polar surface area (TPSA) is 132 Å². The van der Waals surface area contributed by atoms with E-state index >= 15 is 0 Å². The predicted molar refractivity (Wildman–Crippen MR) is 126 cm³/mol. The number of aliphatic hydroxyl groups excluding tert-OH is 1. The normalized spacial score (nSPS) is 15.8. The molecule has 33 heavy (non-hydrogen) atoms. The number of aryl methyl sites for hydroxylation is 1. The van der Waals surface area contributed by atoms with Crippen molar-refractivity contribution in [2.24, 2.45) is 0 Å². The van der Waals surface area contributed by atoms with Crippen LogP contribution in [0.3, 0.4) is 0 Å². The Labute approximate surface area is 192 Å². The van der Waals surface area contributed by atoms with Gasteiger partial charge in [0.05, 0.1) is 0 Å². The highest BCUT2D eigenvalue weighted by Gasteiger charge is 2.25. The van der Waals surface area contributed by atoms with Crippen LogP contribution in [0.4, 0.5) is 10.6 Å². The quantitative estimate of drug-likeness (QED) is 0.366. The number of aliphatic hydroxyl groups is 1. The molecule has 4 rings (SSSR count). The van der Waals surface area contributed by atoms with Gasteiger partial charge in [-0.05, 0) is 49.4 Å². The first kappa shape index (κ1) is 22.8. The van der Waals surface area contributed by atoms with E-state index in [1.54, 1.807) is 12.1 Å². The van der Waals surface area contributed by atoms with Gasteiger partial charge in [-0.1, -0.05) is 25.9 Å². The number of hydrogen-bond acceptors (Lipinski definition) is 5. The van der Waals surface area contributed by atoms with Crippen molar-refractivity contribution < 1.29 is 19.2 Å². The van der Waals surface area contributed by atoms with Gasteiger partial charge < -0.3 is 25.2 Å². The van der Waals surface area contributed by atoms with Crippen molar-refractivity contribution in [3.05, 3.63) is 46.8 Å². The first-order valence-corrected chi connectivity index (χ1v) is 11.3. The van der Waals surface area contributed by atoms with Crippen molar-refractivity contribution in [2.75, 3.05) is 18.5 Å². The van der Waals surface area contributed by atoms with Crippen molar-refractivity contribution in [1.29, 1.82) is 0 Å². The van der Waals surface area contributed by atoms with E-state index in [4.69, 9.17) is 9.63 Å². The molecular formula is C24H31N5O4. The number of fused-ring (bicyclic) bond motifs is 3. The highest BCUT2D eigenvalue weighted by Crippen LogP contribution is 2.30. The van der Waals surface area contributed by atoms with Crippen LogP contribution < -0.4 is 16.0 Å². The van der Waals surface area contributed by atoms with Gasteiger partial charge in [-0.15, -0.1) is 0 Å². The second-order valence-electron chi connectivity index (χ2n) is 9.54. The monoisotopic (exact) mass is 453 g/mol. The van der Waals surface area contributed by atoms with Crippen LogP contribution in [-0.2, 0) is 18.3 Å². The first-order chi connectivity index (χ1) is 15.7. The summed E-state index contributed by atoms with van der Waals surface area (Å²) in [5.41, 5.74) is 3.65. The van der Waals surface area contributed by atoms with E-state index < -0.39 is 0 Å². The average molecular weight is 454 g/mol. The molecule has 0 spiro atoms. The van der Waals surface area contributed by atoms with Gasteiger partial charge in [-0.3, -0.25) is 10.1 Å². The number of urea groups is 1. The van der Waals surface area contributed by atoms with Crippen LogP contribution in [0.1, 0.15) is 61.0 Å². The number of anilines is 1. The molecule has 3 amide bonds. The molecule has 0 aliphatic heterocycles. The Kier molecular flexibility index (Phi) is 6.42. The highest BCUT2D eigenvalue weighted by atomic mass is 16.5. The van der Waals surface area contributed by atoms with Crippen LogP contribution in [0, 0.1) is 0 Å². The number of carbonyl (C=O) groups is 2. The molecule has 2 heterocycles. The molecule has 0 fully saturated rings. The molecule has 0 saturated carbocycles. The minimum atomic E-state index is -0.319. The first-order valence-electron chi connectivity index (χ1n) is 11.3. The number of carbonyl (C=O) groups excluding carboxylic acids is 2. The molecule has 0 saturated heterocycles. The largest absolute Gasteiger partial charge is 0.396 e. The third-order valence-corrected chi connectivity index (χ3v) is 5.90. The van der Waals surface area contributed by atoms with Gasteiger partial charge in [-0.25, -0.2) is 4.79 Å². The molecule has 5 N–H and O–H groups in total. The maximum Gasteiger partial charge on any atom is 0.320 e. The average Bonchev–Trinajstić information content (AvgIpc) is 3.37. The number of amides is 3. The van der Waals surface area contributed by atoms with Gasteiger partial charge in [-0.2, -0.15) is 0 Å². The molecule has 0 bridgehead atoms. The van der Waals surface area contributed by atoms with Gasteiger partial charge in [0.2, 0.25) is 0 Å². The van der Waals surface area contributed by atoms with Gasteiger partial charge >= 0.3 is 6.03 Å². The Morgan fingerprint density at radius 2 is 2.09 bits per heavy atom. The van der Waals surface area contributed by atoms with E-state index in [-0.39, 0.29) is 30.0 Å². The number of aromatic nitrogens is 2. The Hall–Kier alpha value is -3.33. The van der Waals surface area contributed by atoms with Gasteiger partial charge in [0.1, 0.15) is 5.76 Å². The molecule has 3 aromatic rings. The minimum Gasteiger partial charge on any atom is -0.396 e. The van der Waals surface area contributed by atoms with Crippen LogP contribution in [0.15, 0.2) is 28.8 Å². The summed E-state index contributed by atoms with van der Waals surface area (Å²) in [7, 11) is 0. The Morgan fingerprint density at radius 3 is 2.82 bits per heavy atom. The van der Waals surface area contributed by atoms with Crippen molar-refractivity contribution in [3.8, 4) is 0 Å². The van der Waals surface area contributed by atoms with E-state index in [9.17, 15) is 9.59 Å². The summed E-state index contributed by atoms with van der Waals surface area (Å²) in [5, 5.41) is 22.4. The van der Waals surface area contributed by atoms with E-state index in [1.165, 1.54) is 0 Å². The predicted octanol–water partition coefficient (Wildman–Crippen LogP) is 3.24. The molecule has 0 radical (unpaired) electrons. The number of aromatic amines is 1. The summed E-state index contributed by atoms with van der Waals surface area (Å²) in [4.78, 5) is 28.4. The number of benzene rings is 1. The van der Waals surface area contributed by atoms with Crippen LogP contribution in [0.25, 0.3) is 10.9 Å². The molecule has 1 aliphatic rings. The third-order valence-electron chi connectivity index (χ3n) is 5.90. The summed E-state index contributed by atoms with van der Waals surface area (Å²) < 4.78 is 5.32. The van der Waals surface area contributed by atoms with Crippen molar-refractivity contribution in [2.45, 2.75) is 57.9 Å². The lowest BCUT2D eigenvalue weighted by Crippen LogP contribution is -2.41. The van der Waals surface area contributed by atoms with Crippen molar-refractivity contribution in [1.82, 2.24) is 20.8 Å². The summed E-state index contributed by atoms with van der Waals surface area (Å²) in [5.74, 6) is 0.931. The zero-order valence-electron chi connectivity index (χ0n) is 19.2. The number of H-pyrrole nitrogens is 1. The second-order valence-corrected chi connectivity index (χ2v) is 9.54. The zero-order chi connectivity index (χ0) is 23.6. The SMILES string of the molecule is CC(C)(C)c1cc(NC(=O)NC2CCc3[nH]c4ccc(C(=O)NCCCO)cc4c3C2)no1. The molecule has 1 atom stereocenters. The Balaban J connectivity index is 1.43. The molecule has 1 unspecified atom stereocenters. The lowest BCUT2D eigenvalue weighted by atomic mass is 9.91. The third kappa shape index (κ3) is 5.19. The van der Waals surface area contributed by atoms with Crippen LogP contribution in [0.2, 0.25) is 0 Å². The van der Waals surface area contributed by atoms with Gasteiger partial charge in [0.15, 0.2) is 5.82 Å². The Bertz CT molecular complexity index is 1160. The summed E-state index contributed by atoms with van der Waals surface area (Å²) >= 11 is 0.